The molecule has 0 amide bonds. The fourth-order valence-corrected chi connectivity index (χ4v) is 22.4. The van der Waals surface area contributed by atoms with Crippen LogP contribution in [0.5, 0.6) is 0 Å². The van der Waals surface area contributed by atoms with Gasteiger partial charge in [0.05, 0.1) is 16.5 Å². The van der Waals surface area contributed by atoms with Gasteiger partial charge in [-0.1, -0.05) is 318 Å². The molecule has 17 aromatic rings. The van der Waals surface area contributed by atoms with E-state index in [1.807, 2.05) is 0 Å². The third-order valence-electron chi connectivity index (χ3n) is 27.0. The van der Waals surface area contributed by atoms with Gasteiger partial charge in [-0.2, -0.15) is 0 Å². The summed E-state index contributed by atoms with van der Waals surface area (Å²) in [6.07, 6.45) is 0.839. The monoisotopic (exact) mass is 1410 g/mol. The SMILES string of the molecule is Cc1cc(-c2ccc(CC3(C)c4ccccc4-c4cc(N(c5ccc6c(c5)C5(c7ccccc7-c7ccccc75)c5ccccc5-6)c5ccc6c7c(cccc57)-c5ccccc5-6)ccc43)cc2)ccc1N(c1ccc2c(c1)-c1ccccc1C2(C)C)c1ccc2c(c1)C1(c3ccccc3-c3ccccc31)c1ccccc1-2. The van der Waals surface area contributed by atoms with Crippen molar-refractivity contribution in [2.75, 3.05) is 9.80 Å². The third kappa shape index (κ3) is 8.20. The molecule has 0 fully saturated rings. The summed E-state index contributed by atoms with van der Waals surface area (Å²) in [5, 5.41) is 2.55. The van der Waals surface area contributed by atoms with Crippen molar-refractivity contribution < 1.29 is 0 Å². The first-order chi connectivity index (χ1) is 54.6. The number of aryl methyl sites for hydroxylation is 1. The molecule has 0 N–H and O–H groups in total. The molecule has 520 valence electrons. The van der Waals surface area contributed by atoms with Gasteiger partial charge in [-0.3, -0.25) is 0 Å². The molecule has 0 bridgehead atoms. The second kappa shape index (κ2) is 22.6. The van der Waals surface area contributed by atoms with E-state index in [2.05, 4.69) is 401 Å². The highest BCUT2D eigenvalue weighted by atomic mass is 15.2. The summed E-state index contributed by atoms with van der Waals surface area (Å²) in [7, 11) is 0. The second-order valence-electron chi connectivity index (χ2n) is 32.7. The van der Waals surface area contributed by atoms with Gasteiger partial charge in [-0.05, 0) is 263 Å². The molecule has 0 saturated carbocycles. The number of rotatable bonds is 9. The minimum atomic E-state index is -0.496. The van der Waals surface area contributed by atoms with Crippen molar-refractivity contribution in [1.82, 2.24) is 0 Å². The third-order valence-corrected chi connectivity index (χ3v) is 27.0. The van der Waals surface area contributed by atoms with Crippen molar-refractivity contribution in [3.8, 4) is 100 Å². The molecule has 17 aromatic carbocycles. The molecule has 1 unspecified atom stereocenters. The number of benzene rings is 17. The van der Waals surface area contributed by atoms with Crippen LogP contribution in [0.25, 0.3) is 111 Å². The average molecular weight is 1410 g/mol. The summed E-state index contributed by atoms with van der Waals surface area (Å²) in [6.45, 7) is 9.55. The van der Waals surface area contributed by atoms with E-state index >= 15 is 0 Å². The lowest BCUT2D eigenvalue weighted by Gasteiger charge is -2.33. The summed E-state index contributed by atoms with van der Waals surface area (Å²) < 4.78 is 0. The van der Waals surface area contributed by atoms with Crippen LogP contribution in [0.2, 0.25) is 0 Å². The predicted molar refractivity (Wildman–Crippen MR) is 460 cm³/mol. The quantitative estimate of drug-likeness (QED) is 0.142. The van der Waals surface area contributed by atoms with Gasteiger partial charge >= 0.3 is 0 Å². The van der Waals surface area contributed by atoms with Crippen LogP contribution >= 0.6 is 0 Å². The average Bonchev–Trinajstić information content (AvgIpc) is 1.51. The zero-order valence-corrected chi connectivity index (χ0v) is 62.2. The van der Waals surface area contributed by atoms with Crippen LogP contribution in [0, 0.1) is 6.92 Å². The van der Waals surface area contributed by atoms with Crippen LogP contribution in [-0.2, 0) is 28.1 Å². The number of nitrogens with zero attached hydrogens (tertiary/aromatic N) is 2. The van der Waals surface area contributed by atoms with Crippen LogP contribution in [-0.4, -0.2) is 0 Å². The zero-order valence-electron chi connectivity index (χ0n) is 62.2. The molecular weight excluding hydrogens is 1340 g/mol. The predicted octanol–water partition coefficient (Wildman–Crippen LogP) is 27.9. The van der Waals surface area contributed by atoms with Gasteiger partial charge in [-0.25, -0.2) is 0 Å². The summed E-state index contributed by atoms with van der Waals surface area (Å²) in [5.41, 5.74) is 47.3. The Kier molecular flexibility index (Phi) is 12.8. The Labute approximate surface area is 648 Å². The molecule has 24 rings (SSSR count). The lowest BCUT2D eigenvalue weighted by atomic mass is 9.70. The molecule has 1 atom stereocenters. The highest BCUT2D eigenvalue weighted by Gasteiger charge is 2.54. The van der Waals surface area contributed by atoms with E-state index in [0.29, 0.717) is 0 Å². The molecule has 0 heterocycles. The normalized spacial score (nSPS) is 15.7. The smallest absolute Gasteiger partial charge is 0.0726 e. The molecule has 7 aliphatic rings. The number of anilines is 6. The van der Waals surface area contributed by atoms with E-state index in [0.717, 1.165) is 40.5 Å². The van der Waals surface area contributed by atoms with Gasteiger partial charge < -0.3 is 9.80 Å². The molecule has 0 saturated heterocycles. The Bertz CT molecular complexity index is 6800. The number of fused-ring (bicyclic) bond motifs is 29. The van der Waals surface area contributed by atoms with Crippen LogP contribution < -0.4 is 9.80 Å². The first-order valence-electron chi connectivity index (χ1n) is 39.4. The Hall–Kier alpha value is -13.4. The van der Waals surface area contributed by atoms with E-state index in [1.54, 1.807) is 0 Å². The van der Waals surface area contributed by atoms with Crippen LogP contribution in [0.15, 0.2) is 364 Å². The maximum atomic E-state index is 2.58. The molecule has 7 aliphatic carbocycles. The molecule has 0 radical (unpaired) electrons. The maximum absolute atomic E-state index is 2.58. The largest absolute Gasteiger partial charge is 0.310 e. The number of hydrogen-bond donors (Lipinski definition) is 0. The van der Waals surface area contributed by atoms with E-state index in [-0.39, 0.29) is 10.8 Å². The van der Waals surface area contributed by atoms with Crippen LogP contribution in [0.3, 0.4) is 0 Å². The molecule has 2 heteroatoms. The lowest BCUT2D eigenvalue weighted by molar-refractivity contribution is 0.583. The van der Waals surface area contributed by atoms with Crippen molar-refractivity contribution in [2.24, 2.45) is 0 Å². The zero-order chi connectivity index (χ0) is 73.4. The van der Waals surface area contributed by atoms with Crippen molar-refractivity contribution in [2.45, 2.75) is 55.8 Å². The molecule has 0 aromatic heterocycles. The Morgan fingerprint density at radius 2 is 0.550 bits per heavy atom. The lowest BCUT2D eigenvalue weighted by Crippen LogP contribution is -2.26. The van der Waals surface area contributed by atoms with E-state index in [1.165, 1.54) is 189 Å². The first kappa shape index (κ1) is 62.6. The van der Waals surface area contributed by atoms with Gasteiger partial charge in [0, 0.05) is 44.7 Å². The second-order valence-corrected chi connectivity index (χ2v) is 32.7. The first-order valence-corrected chi connectivity index (χ1v) is 39.4. The summed E-state index contributed by atoms with van der Waals surface area (Å²) in [4.78, 5) is 5.13. The highest BCUT2D eigenvalue weighted by Crippen LogP contribution is 2.67. The molecule has 111 heavy (non-hydrogen) atoms. The summed E-state index contributed by atoms with van der Waals surface area (Å²) in [6, 6.07) is 140. The minimum absolute atomic E-state index is 0.120. The molecule has 0 aliphatic heterocycles. The molecule has 2 nitrogen and oxygen atoms in total. The van der Waals surface area contributed by atoms with E-state index in [9.17, 15) is 0 Å². The van der Waals surface area contributed by atoms with Gasteiger partial charge in [0.25, 0.3) is 0 Å². The van der Waals surface area contributed by atoms with Crippen molar-refractivity contribution in [1.29, 1.82) is 0 Å². The van der Waals surface area contributed by atoms with Crippen molar-refractivity contribution in [3.63, 3.8) is 0 Å². The standard InChI is InChI=1S/C109H74N2/c1-66-60-69(48-58-103(66)110(70-51-56-92-89(61-70)82-32-7-15-36-91(82)106(92,2)3)72-49-53-84-80-30-13-21-42-99(80)108(101(84)63-72)95-38-17-9-26-76(95)77-27-10-18-39-96(77)108)68-46-44-67(45-47-68)65-107(4)93-37-16-8-33-83(93)90-62-71(52-57-94(90)107)111(104-59-55-87-75-25-6-5-24-74(75)86-34-23-35-88(104)105(86)87)73-50-54-85-81-31-14-22-43-100(81)109(102(85)64-73)97-40-19-11-28-78(97)79-29-12-20-41-98(79)109/h5-64H,65H2,1-4H3. The van der Waals surface area contributed by atoms with Gasteiger partial charge in [0.2, 0.25) is 0 Å². The maximum Gasteiger partial charge on any atom is 0.0726 e. The van der Waals surface area contributed by atoms with Gasteiger partial charge in [0.1, 0.15) is 0 Å². The Balaban J connectivity index is 0.608. The van der Waals surface area contributed by atoms with Crippen LogP contribution in [0.1, 0.15) is 98.7 Å². The van der Waals surface area contributed by atoms with Crippen molar-refractivity contribution in [3.05, 3.63) is 442 Å². The summed E-state index contributed by atoms with van der Waals surface area (Å²) >= 11 is 0. The van der Waals surface area contributed by atoms with Gasteiger partial charge in [0.15, 0.2) is 0 Å². The molecular formula is C109H74N2. The number of hydrogen-bond acceptors (Lipinski definition) is 2. The van der Waals surface area contributed by atoms with E-state index < -0.39 is 10.8 Å². The minimum Gasteiger partial charge on any atom is -0.310 e. The van der Waals surface area contributed by atoms with Gasteiger partial charge in [-0.15, -0.1) is 0 Å². The topological polar surface area (TPSA) is 6.48 Å². The van der Waals surface area contributed by atoms with Crippen LogP contribution in [0.4, 0.5) is 34.1 Å². The Morgan fingerprint density at radius 1 is 0.225 bits per heavy atom. The van der Waals surface area contributed by atoms with E-state index in [4.69, 9.17) is 0 Å². The van der Waals surface area contributed by atoms with Crippen molar-refractivity contribution >= 4 is 44.9 Å². The molecule has 2 spiro atoms. The fourth-order valence-electron chi connectivity index (χ4n) is 22.4. The summed E-state index contributed by atoms with van der Waals surface area (Å²) in [5.74, 6) is 0. The fraction of sp³-hybridized carbons (Fsp3) is 0.0826. The highest BCUT2D eigenvalue weighted by molar-refractivity contribution is 6.19. The Morgan fingerprint density at radius 3 is 1.04 bits per heavy atom.